The second-order valence-electron chi connectivity index (χ2n) is 5.44. The summed E-state index contributed by atoms with van der Waals surface area (Å²) in [4.78, 5) is 2.38. The molecule has 0 aromatic heterocycles. The average molecular weight is 242 g/mol. The number of nitrogens with zero attached hydrogens (tertiary/aromatic N) is 1. The van der Waals surface area contributed by atoms with E-state index in [-0.39, 0.29) is 0 Å². The van der Waals surface area contributed by atoms with E-state index in [9.17, 15) is 0 Å². The molecule has 0 aromatic rings. The summed E-state index contributed by atoms with van der Waals surface area (Å²) in [5, 5.41) is 3.56. The SMILES string of the molecule is CN(C)C(CC1COCCN1)C1CCOCC1. The highest BCUT2D eigenvalue weighted by molar-refractivity contribution is 4.84. The molecule has 17 heavy (non-hydrogen) atoms. The summed E-state index contributed by atoms with van der Waals surface area (Å²) in [6, 6.07) is 1.18. The summed E-state index contributed by atoms with van der Waals surface area (Å²) in [6.07, 6.45) is 3.60. The second kappa shape index (κ2) is 6.69. The van der Waals surface area contributed by atoms with Crippen LogP contribution in [0.4, 0.5) is 0 Å². The van der Waals surface area contributed by atoms with Crippen LogP contribution < -0.4 is 5.32 Å². The quantitative estimate of drug-likeness (QED) is 0.788. The fraction of sp³-hybridized carbons (Fsp3) is 1.00. The average Bonchev–Trinajstić information content (AvgIpc) is 2.38. The van der Waals surface area contributed by atoms with E-state index in [4.69, 9.17) is 9.47 Å². The summed E-state index contributed by atoms with van der Waals surface area (Å²) in [7, 11) is 4.40. The van der Waals surface area contributed by atoms with E-state index >= 15 is 0 Å². The molecule has 2 unspecified atom stereocenters. The van der Waals surface area contributed by atoms with E-state index < -0.39 is 0 Å². The van der Waals surface area contributed by atoms with Gasteiger partial charge in [0.15, 0.2) is 0 Å². The van der Waals surface area contributed by atoms with Crippen molar-refractivity contribution in [2.45, 2.75) is 31.3 Å². The minimum absolute atomic E-state index is 0.527. The van der Waals surface area contributed by atoms with Gasteiger partial charge in [0.1, 0.15) is 0 Å². The van der Waals surface area contributed by atoms with Gasteiger partial charge in [-0.2, -0.15) is 0 Å². The first-order valence-electron chi connectivity index (χ1n) is 6.82. The molecule has 2 atom stereocenters. The molecule has 2 saturated heterocycles. The Labute approximate surface area is 105 Å². The molecule has 1 N–H and O–H groups in total. The van der Waals surface area contributed by atoms with Crippen molar-refractivity contribution in [1.29, 1.82) is 0 Å². The van der Waals surface area contributed by atoms with Crippen molar-refractivity contribution in [2.24, 2.45) is 5.92 Å². The zero-order chi connectivity index (χ0) is 12.1. The van der Waals surface area contributed by atoms with Gasteiger partial charge in [-0.05, 0) is 39.3 Å². The van der Waals surface area contributed by atoms with Crippen molar-refractivity contribution < 1.29 is 9.47 Å². The summed E-state index contributed by atoms with van der Waals surface area (Å²) in [5.41, 5.74) is 0. The lowest BCUT2D eigenvalue weighted by molar-refractivity contribution is 0.0199. The lowest BCUT2D eigenvalue weighted by Crippen LogP contribution is -2.48. The van der Waals surface area contributed by atoms with Crippen LogP contribution in [0.15, 0.2) is 0 Å². The highest BCUT2D eigenvalue weighted by atomic mass is 16.5. The third-order valence-corrected chi connectivity index (χ3v) is 4.00. The van der Waals surface area contributed by atoms with E-state index in [0.29, 0.717) is 12.1 Å². The minimum atomic E-state index is 0.527. The van der Waals surface area contributed by atoms with Crippen molar-refractivity contribution in [1.82, 2.24) is 10.2 Å². The van der Waals surface area contributed by atoms with E-state index in [1.807, 2.05) is 0 Å². The van der Waals surface area contributed by atoms with Crippen molar-refractivity contribution >= 4 is 0 Å². The number of hydrogen-bond donors (Lipinski definition) is 1. The zero-order valence-electron chi connectivity index (χ0n) is 11.2. The van der Waals surface area contributed by atoms with E-state index in [2.05, 4.69) is 24.3 Å². The van der Waals surface area contributed by atoms with Crippen LogP contribution in [-0.2, 0) is 9.47 Å². The Morgan fingerprint density at radius 3 is 2.53 bits per heavy atom. The Morgan fingerprint density at radius 1 is 1.18 bits per heavy atom. The van der Waals surface area contributed by atoms with Gasteiger partial charge in [0.05, 0.1) is 13.2 Å². The molecule has 100 valence electrons. The van der Waals surface area contributed by atoms with Gasteiger partial charge in [-0.25, -0.2) is 0 Å². The monoisotopic (exact) mass is 242 g/mol. The van der Waals surface area contributed by atoms with Crippen LogP contribution in [0.1, 0.15) is 19.3 Å². The highest BCUT2D eigenvalue weighted by Gasteiger charge is 2.28. The summed E-state index contributed by atoms with van der Waals surface area (Å²) in [5.74, 6) is 0.780. The normalized spacial score (nSPS) is 29.5. The Bertz CT molecular complexity index is 211. The molecule has 0 saturated carbocycles. The van der Waals surface area contributed by atoms with Crippen molar-refractivity contribution in [2.75, 3.05) is 47.1 Å². The molecule has 0 radical (unpaired) electrons. The Hall–Kier alpha value is -0.160. The standard InChI is InChI=1S/C13H26N2O2/c1-15(2)13(11-3-6-16-7-4-11)9-12-10-17-8-5-14-12/h11-14H,3-10H2,1-2H3. The number of morpholine rings is 1. The third kappa shape index (κ3) is 3.91. The molecule has 0 bridgehead atoms. The van der Waals surface area contributed by atoms with Crippen LogP contribution in [-0.4, -0.2) is 64.1 Å². The Kier molecular flexibility index (Phi) is 5.22. The summed E-state index contributed by atoms with van der Waals surface area (Å²) in [6.45, 7) is 4.60. The summed E-state index contributed by atoms with van der Waals surface area (Å²) < 4.78 is 11.0. The van der Waals surface area contributed by atoms with Crippen molar-refractivity contribution in [3.8, 4) is 0 Å². The maximum absolute atomic E-state index is 5.54. The van der Waals surface area contributed by atoms with Gasteiger partial charge in [-0.3, -0.25) is 0 Å². The first kappa shape index (κ1) is 13.3. The molecule has 4 heteroatoms. The van der Waals surface area contributed by atoms with E-state index in [1.54, 1.807) is 0 Å². The lowest BCUT2D eigenvalue weighted by atomic mass is 9.87. The number of nitrogens with one attached hydrogen (secondary N) is 1. The van der Waals surface area contributed by atoms with E-state index in [1.165, 1.54) is 19.3 Å². The molecule has 2 fully saturated rings. The number of ether oxygens (including phenoxy) is 2. The molecule has 0 amide bonds. The van der Waals surface area contributed by atoms with Crippen LogP contribution in [0.2, 0.25) is 0 Å². The van der Waals surface area contributed by atoms with Crippen LogP contribution in [0, 0.1) is 5.92 Å². The summed E-state index contributed by atoms with van der Waals surface area (Å²) >= 11 is 0. The zero-order valence-corrected chi connectivity index (χ0v) is 11.2. The fourth-order valence-electron chi connectivity index (χ4n) is 2.99. The topological polar surface area (TPSA) is 33.7 Å². The molecule has 4 nitrogen and oxygen atoms in total. The van der Waals surface area contributed by atoms with Gasteiger partial charge in [0, 0.05) is 31.8 Å². The Balaban J connectivity index is 1.86. The predicted octanol–water partition coefficient (Wildman–Crippen LogP) is 0.722. The predicted molar refractivity (Wildman–Crippen MR) is 68.2 cm³/mol. The fourth-order valence-corrected chi connectivity index (χ4v) is 2.99. The minimum Gasteiger partial charge on any atom is -0.381 e. The molecule has 0 aliphatic carbocycles. The van der Waals surface area contributed by atoms with Gasteiger partial charge < -0.3 is 19.7 Å². The first-order chi connectivity index (χ1) is 8.27. The molecule has 0 spiro atoms. The number of rotatable bonds is 4. The maximum atomic E-state index is 5.54. The van der Waals surface area contributed by atoms with Crippen molar-refractivity contribution in [3.63, 3.8) is 0 Å². The maximum Gasteiger partial charge on any atom is 0.0620 e. The largest absolute Gasteiger partial charge is 0.381 e. The molecular weight excluding hydrogens is 216 g/mol. The molecule has 2 rings (SSSR count). The van der Waals surface area contributed by atoms with Gasteiger partial charge in [0.25, 0.3) is 0 Å². The van der Waals surface area contributed by atoms with Crippen LogP contribution in [0.5, 0.6) is 0 Å². The van der Waals surface area contributed by atoms with Crippen molar-refractivity contribution in [3.05, 3.63) is 0 Å². The Morgan fingerprint density at radius 2 is 1.94 bits per heavy atom. The van der Waals surface area contributed by atoms with E-state index in [0.717, 1.165) is 38.9 Å². The van der Waals surface area contributed by atoms with Gasteiger partial charge in [-0.15, -0.1) is 0 Å². The van der Waals surface area contributed by atoms with Crippen LogP contribution in [0.3, 0.4) is 0 Å². The second-order valence-corrected chi connectivity index (χ2v) is 5.44. The highest BCUT2D eigenvalue weighted by Crippen LogP contribution is 2.25. The van der Waals surface area contributed by atoms with Crippen LogP contribution >= 0.6 is 0 Å². The molecule has 2 aliphatic heterocycles. The van der Waals surface area contributed by atoms with Crippen LogP contribution in [0.25, 0.3) is 0 Å². The molecule has 0 aromatic carbocycles. The molecular formula is C13H26N2O2. The first-order valence-corrected chi connectivity index (χ1v) is 6.82. The molecule has 2 heterocycles. The number of hydrogen-bond acceptors (Lipinski definition) is 4. The third-order valence-electron chi connectivity index (χ3n) is 4.00. The lowest BCUT2D eigenvalue weighted by Gasteiger charge is -2.38. The van der Waals surface area contributed by atoms with Gasteiger partial charge in [0.2, 0.25) is 0 Å². The smallest absolute Gasteiger partial charge is 0.0620 e. The van der Waals surface area contributed by atoms with Gasteiger partial charge in [-0.1, -0.05) is 0 Å². The van der Waals surface area contributed by atoms with Gasteiger partial charge >= 0.3 is 0 Å². The molecule has 2 aliphatic rings.